The summed E-state index contributed by atoms with van der Waals surface area (Å²) in [5.41, 5.74) is 6.13. The van der Waals surface area contributed by atoms with Gasteiger partial charge >= 0.3 is 0 Å². The van der Waals surface area contributed by atoms with Crippen molar-refractivity contribution >= 4 is 34.1 Å². The van der Waals surface area contributed by atoms with Crippen molar-refractivity contribution in [3.63, 3.8) is 0 Å². The number of rotatable bonds is 3. The van der Waals surface area contributed by atoms with Crippen molar-refractivity contribution in [3.8, 4) is 22.8 Å². The van der Waals surface area contributed by atoms with Crippen LogP contribution in [-0.4, -0.2) is 43.0 Å². The van der Waals surface area contributed by atoms with Crippen molar-refractivity contribution in [2.45, 2.75) is 19.8 Å². The third-order valence-corrected chi connectivity index (χ3v) is 6.05. The monoisotopic (exact) mass is 416 g/mol. The Morgan fingerprint density at radius 2 is 1.60 bits per heavy atom. The number of piperidine rings is 1. The Hall–Kier alpha value is -3.19. The Kier molecular flexibility index (Phi) is 4.96. The normalized spacial score (nSPS) is 14.9. The predicted molar refractivity (Wildman–Crippen MR) is 125 cm³/mol. The summed E-state index contributed by atoms with van der Waals surface area (Å²) in [5, 5.41) is 4.17. The first kappa shape index (κ1) is 18.8. The number of anilines is 1. The second kappa shape index (κ2) is 7.91. The minimum absolute atomic E-state index is 0.778. The highest BCUT2D eigenvalue weighted by molar-refractivity contribution is 7.80. The van der Waals surface area contributed by atoms with E-state index in [-0.39, 0.29) is 0 Å². The van der Waals surface area contributed by atoms with Crippen molar-refractivity contribution < 1.29 is 0 Å². The molecule has 1 saturated heterocycles. The van der Waals surface area contributed by atoms with Crippen molar-refractivity contribution in [2.24, 2.45) is 5.92 Å². The van der Waals surface area contributed by atoms with Crippen LogP contribution in [-0.2, 0) is 0 Å². The summed E-state index contributed by atoms with van der Waals surface area (Å²) in [6.07, 6.45) is 6.17. The molecule has 0 radical (unpaired) electrons. The highest BCUT2D eigenvalue weighted by Gasteiger charge is 2.18. The van der Waals surface area contributed by atoms with Crippen molar-refractivity contribution in [1.29, 1.82) is 0 Å². The number of benzene rings is 1. The van der Waals surface area contributed by atoms with Crippen LogP contribution in [0.3, 0.4) is 0 Å². The molecule has 0 saturated carbocycles. The number of nitrogens with zero attached hydrogens (tertiary/aromatic N) is 3. The Morgan fingerprint density at radius 3 is 2.20 bits per heavy atom. The van der Waals surface area contributed by atoms with Crippen LogP contribution in [0.1, 0.15) is 19.8 Å². The molecule has 0 amide bonds. The largest absolute Gasteiger partial charge is 0.360 e. The summed E-state index contributed by atoms with van der Waals surface area (Å²) in [5.74, 6) is 0.778. The fourth-order valence-electron chi connectivity index (χ4n) is 3.88. The number of aromatic amines is 2. The van der Waals surface area contributed by atoms with E-state index in [4.69, 9.17) is 22.2 Å². The van der Waals surface area contributed by atoms with Gasteiger partial charge in [-0.05, 0) is 73.4 Å². The molecule has 30 heavy (non-hydrogen) atoms. The molecule has 3 aromatic heterocycles. The number of likely N-dealkylation sites (tertiary alicyclic amines) is 1. The second-order valence-corrected chi connectivity index (χ2v) is 8.28. The quantitative estimate of drug-likeness (QED) is 0.408. The summed E-state index contributed by atoms with van der Waals surface area (Å²) in [6.45, 7) is 4.33. The molecule has 0 spiro atoms. The number of nitrogens with one attached hydrogen (secondary N) is 3. The van der Waals surface area contributed by atoms with Gasteiger partial charge in [0.25, 0.3) is 0 Å². The molecule has 0 aliphatic carbocycles. The van der Waals surface area contributed by atoms with Gasteiger partial charge in [0.2, 0.25) is 0 Å². The molecule has 0 atom stereocenters. The van der Waals surface area contributed by atoms with Gasteiger partial charge in [-0.15, -0.1) is 0 Å². The van der Waals surface area contributed by atoms with E-state index in [9.17, 15) is 0 Å². The molecule has 1 aromatic carbocycles. The van der Waals surface area contributed by atoms with Gasteiger partial charge in [-0.1, -0.05) is 6.92 Å². The zero-order valence-corrected chi connectivity index (χ0v) is 17.7. The first-order valence-electron chi connectivity index (χ1n) is 10.3. The van der Waals surface area contributed by atoms with Gasteiger partial charge < -0.3 is 20.2 Å². The number of hydrogen-bond acceptors (Lipinski definition) is 3. The van der Waals surface area contributed by atoms with Crippen molar-refractivity contribution in [1.82, 2.24) is 24.8 Å². The van der Waals surface area contributed by atoms with Gasteiger partial charge in [0.1, 0.15) is 11.4 Å². The summed E-state index contributed by atoms with van der Waals surface area (Å²) < 4.78 is 0. The maximum atomic E-state index is 5.65. The maximum absolute atomic E-state index is 5.65. The van der Waals surface area contributed by atoms with Crippen LogP contribution < -0.4 is 5.32 Å². The summed E-state index contributed by atoms with van der Waals surface area (Å²) >= 11 is 5.65. The topological polar surface area (TPSA) is 72.6 Å². The van der Waals surface area contributed by atoms with Crippen LogP contribution in [0.5, 0.6) is 0 Å². The highest BCUT2D eigenvalue weighted by Crippen LogP contribution is 2.30. The fourth-order valence-corrected chi connectivity index (χ4v) is 4.18. The predicted octanol–water partition coefficient (Wildman–Crippen LogP) is 5.05. The van der Waals surface area contributed by atoms with Crippen LogP contribution in [0.4, 0.5) is 5.69 Å². The van der Waals surface area contributed by atoms with E-state index >= 15 is 0 Å². The van der Waals surface area contributed by atoms with Crippen LogP contribution in [0.2, 0.25) is 0 Å². The number of hydrogen-bond donors (Lipinski definition) is 3. The van der Waals surface area contributed by atoms with Crippen LogP contribution in [0.25, 0.3) is 33.8 Å². The third kappa shape index (κ3) is 3.68. The molecule has 6 nitrogen and oxygen atoms in total. The molecule has 7 heteroatoms. The van der Waals surface area contributed by atoms with E-state index in [0.29, 0.717) is 0 Å². The van der Waals surface area contributed by atoms with Gasteiger partial charge in [0.05, 0.1) is 22.4 Å². The number of H-pyrrole nitrogens is 2. The van der Waals surface area contributed by atoms with Crippen LogP contribution in [0, 0.1) is 5.92 Å². The lowest BCUT2D eigenvalue weighted by Crippen LogP contribution is -2.40. The molecule has 1 aliphatic rings. The zero-order chi connectivity index (χ0) is 20.5. The standard InChI is InChI=1S/C23H24N6S/c1-15-8-12-29(13-9-15)23(30)26-16-6-7-17-20(14-16)28-22(19-5-3-11-25-19)21(27-17)18-4-2-10-24-18/h2-7,10-11,14-15,24-25H,8-9,12-13H2,1H3,(H,26,30). The summed E-state index contributed by atoms with van der Waals surface area (Å²) in [6, 6.07) is 14.0. The lowest BCUT2D eigenvalue weighted by atomic mass is 10.00. The zero-order valence-electron chi connectivity index (χ0n) is 16.9. The lowest BCUT2D eigenvalue weighted by molar-refractivity contribution is 0.283. The van der Waals surface area contributed by atoms with E-state index in [1.807, 2.05) is 54.9 Å². The van der Waals surface area contributed by atoms with Gasteiger partial charge in [-0.2, -0.15) is 0 Å². The minimum atomic E-state index is 0.778. The average Bonchev–Trinajstić information content (AvgIpc) is 3.47. The molecule has 4 heterocycles. The molecular formula is C23H24N6S. The van der Waals surface area contributed by atoms with E-state index in [1.54, 1.807) is 0 Å². The fraction of sp³-hybridized carbons (Fsp3) is 0.261. The van der Waals surface area contributed by atoms with Crippen molar-refractivity contribution in [3.05, 3.63) is 54.9 Å². The Labute approximate surface area is 180 Å². The van der Waals surface area contributed by atoms with Gasteiger partial charge in [0.15, 0.2) is 5.11 Å². The molecule has 1 fully saturated rings. The summed E-state index contributed by atoms with van der Waals surface area (Å²) in [7, 11) is 0. The van der Waals surface area contributed by atoms with Crippen LogP contribution in [0.15, 0.2) is 54.9 Å². The molecule has 5 rings (SSSR count). The second-order valence-electron chi connectivity index (χ2n) is 7.89. The Bertz CT molecular complexity index is 1160. The SMILES string of the molecule is CC1CCN(C(=S)Nc2ccc3nc(-c4ccc[nH]4)c(-c4ccc[nH]4)nc3c2)CC1. The Morgan fingerprint density at radius 1 is 0.967 bits per heavy atom. The van der Waals surface area contributed by atoms with Crippen molar-refractivity contribution in [2.75, 3.05) is 18.4 Å². The minimum Gasteiger partial charge on any atom is -0.360 e. The van der Waals surface area contributed by atoms with E-state index in [2.05, 4.69) is 27.1 Å². The molecule has 152 valence electrons. The lowest BCUT2D eigenvalue weighted by Gasteiger charge is -2.32. The summed E-state index contributed by atoms with van der Waals surface area (Å²) in [4.78, 5) is 18.6. The highest BCUT2D eigenvalue weighted by atomic mass is 32.1. The molecule has 3 N–H and O–H groups in total. The first-order valence-corrected chi connectivity index (χ1v) is 10.7. The molecule has 4 aromatic rings. The first-order chi connectivity index (χ1) is 14.7. The third-order valence-electron chi connectivity index (χ3n) is 5.69. The number of thiocarbonyl (C=S) groups is 1. The van der Waals surface area contributed by atoms with Crippen LogP contribution >= 0.6 is 12.2 Å². The average molecular weight is 417 g/mol. The van der Waals surface area contributed by atoms with Gasteiger partial charge in [0, 0.05) is 31.2 Å². The Balaban J connectivity index is 1.48. The maximum Gasteiger partial charge on any atom is 0.173 e. The van der Waals surface area contributed by atoms with Gasteiger partial charge in [-0.3, -0.25) is 0 Å². The van der Waals surface area contributed by atoms with E-state index in [0.717, 1.165) is 63.6 Å². The number of fused-ring (bicyclic) bond motifs is 1. The smallest absolute Gasteiger partial charge is 0.173 e. The van der Waals surface area contributed by atoms with Gasteiger partial charge in [-0.25, -0.2) is 9.97 Å². The van der Waals surface area contributed by atoms with E-state index in [1.165, 1.54) is 12.8 Å². The molecular weight excluding hydrogens is 392 g/mol. The molecule has 1 aliphatic heterocycles. The molecule has 0 bridgehead atoms. The number of aromatic nitrogens is 4. The van der Waals surface area contributed by atoms with E-state index < -0.39 is 0 Å². The molecule has 0 unspecified atom stereocenters.